The summed E-state index contributed by atoms with van der Waals surface area (Å²) in [5, 5.41) is 0.780. The molecule has 0 atom stereocenters. The second-order valence-corrected chi connectivity index (χ2v) is 7.65. The highest BCUT2D eigenvalue weighted by atomic mass is 32.1. The van der Waals surface area contributed by atoms with Gasteiger partial charge in [-0.3, -0.25) is 9.69 Å². The molecule has 1 aliphatic rings. The second-order valence-electron chi connectivity index (χ2n) is 6.64. The minimum atomic E-state index is 0.123. The van der Waals surface area contributed by atoms with Crippen LogP contribution in [-0.4, -0.2) is 10.9 Å². The Morgan fingerprint density at radius 2 is 1.84 bits per heavy atom. The van der Waals surface area contributed by atoms with Crippen LogP contribution in [0.2, 0.25) is 0 Å². The van der Waals surface area contributed by atoms with Crippen molar-refractivity contribution in [3.05, 3.63) is 54.1 Å². The van der Waals surface area contributed by atoms with Gasteiger partial charge in [-0.05, 0) is 49.1 Å². The van der Waals surface area contributed by atoms with E-state index in [4.69, 9.17) is 4.98 Å². The lowest BCUT2D eigenvalue weighted by atomic mass is 10.1. The summed E-state index contributed by atoms with van der Waals surface area (Å²) in [5.74, 6) is 0.318. The fourth-order valence-electron chi connectivity index (χ4n) is 3.52. The Morgan fingerprint density at radius 3 is 2.52 bits per heavy atom. The van der Waals surface area contributed by atoms with Crippen LogP contribution in [0.4, 0.5) is 10.8 Å². The maximum atomic E-state index is 13.3. The van der Waals surface area contributed by atoms with E-state index >= 15 is 0 Å². The van der Waals surface area contributed by atoms with Gasteiger partial charge in [0.25, 0.3) is 0 Å². The van der Waals surface area contributed by atoms with Gasteiger partial charge in [0.2, 0.25) is 5.91 Å². The highest BCUT2D eigenvalue weighted by molar-refractivity contribution is 7.22. The maximum Gasteiger partial charge on any atom is 0.236 e. The summed E-state index contributed by atoms with van der Waals surface area (Å²) in [6.07, 6.45) is 5.29. The molecule has 3 nitrogen and oxygen atoms in total. The molecule has 0 unspecified atom stereocenters. The summed E-state index contributed by atoms with van der Waals surface area (Å²) in [5.41, 5.74) is 3.16. The quantitative estimate of drug-likeness (QED) is 0.603. The van der Waals surface area contributed by atoms with Crippen molar-refractivity contribution in [3.63, 3.8) is 0 Å². The molecule has 0 radical (unpaired) electrons. The van der Waals surface area contributed by atoms with Crippen LogP contribution in [0.3, 0.4) is 0 Å². The predicted molar refractivity (Wildman–Crippen MR) is 105 cm³/mol. The van der Waals surface area contributed by atoms with Crippen molar-refractivity contribution in [1.82, 2.24) is 4.98 Å². The fraction of sp³-hybridized carbons (Fsp3) is 0.333. The summed E-state index contributed by atoms with van der Waals surface area (Å²) in [4.78, 5) is 19.9. The van der Waals surface area contributed by atoms with Crippen molar-refractivity contribution in [2.45, 2.75) is 39.0 Å². The van der Waals surface area contributed by atoms with Gasteiger partial charge in [0.1, 0.15) is 0 Å². The molecule has 4 heteroatoms. The van der Waals surface area contributed by atoms with Gasteiger partial charge in [-0.25, -0.2) is 4.98 Å². The number of fused-ring (bicyclic) bond motifs is 1. The third kappa shape index (κ3) is 3.19. The molecule has 0 N–H and O–H groups in total. The highest BCUT2D eigenvalue weighted by Crippen LogP contribution is 2.37. The molecule has 128 valence electrons. The first-order valence-corrected chi connectivity index (χ1v) is 9.86. The van der Waals surface area contributed by atoms with E-state index in [1.165, 1.54) is 5.56 Å². The SMILES string of the molecule is CCc1ccc(N(C(=O)C2CCCC2)c2nc3ccccc3s2)cc1. The van der Waals surface area contributed by atoms with Gasteiger partial charge in [-0.1, -0.05) is 55.4 Å². The fourth-order valence-corrected chi connectivity index (χ4v) is 4.52. The van der Waals surface area contributed by atoms with Crippen molar-refractivity contribution in [3.8, 4) is 0 Å². The molecule has 0 bridgehead atoms. The number of hydrogen-bond acceptors (Lipinski definition) is 3. The topological polar surface area (TPSA) is 33.2 Å². The van der Waals surface area contributed by atoms with E-state index in [1.54, 1.807) is 11.3 Å². The number of anilines is 2. The molecule has 0 spiro atoms. The summed E-state index contributed by atoms with van der Waals surface area (Å²) in [6, 6.07) is 16.4. The van der Waals surface area contributed by atoms with E-state index in [0.717, 1.165) is 53.1 Å². The zero-order chi connectivity index (χ0) is 17.2. The van der Waals surface area contributed by atoms with Gasteiger partial charge in [-0.15, -0.1) is 0 Å². The molecular formula is C21H22N2OS. The Morgan fingerprint density at radius 1 is 1.12 bits per heavy atom. The number of thiazole rings is 1. The Bertz CT molecular complexity index is 845. The number of aryl methyl sites for hydroxylation is 1. The summed E-state index contributed by atoms with van der Waals surface area (Å²) >= 11 is 1.59. The summed E-state index contributed by atoms with van der Waals surface area (Å²) < 4.78 is 1.12. The first kappa shape index (κ1) is 16.3. The molecule has 4 rings (SSSR count). The van der Waals surface area contributed by atoms with Crippen molar-refractivity contribution in [2.24, 2.45) is 5.92 Å². The Hall–Kier alpha value is -2.20. The molecular weight excluding hydrogens is 328 g/mol. The number of aromatic nitrogens is 1. The molecule has 1 amide bonds. The number of benzene rings is 2. The first-order chi connectivity index (χ1) is 12.3. The van der Waals surface area contributed by atoms with Crippen molar-refractivity contribution in [2.75, 3.05) is 4.90 Å². The number of carbonyl (C=O) groups is 1. The summed E-state index contributed by atoms with van der Waals surface area (Å²) in [7, 11) is 0. The second kappa shape index (κ2) is 6.96. The zero-order valence-electron chi connectivity index (χ0n) is 14.4. The normalized spacial score (nSPS) is 14.9. The average molecular weight is 350 g/mol. The molecule has 1 saturated carbocycles. The van der Waals surface area contributed by atoms with Gasteiger partial charge in [0.15, 0.2) is 5.13 Å². The van der Waals surface area contributed by atoms with Crippen LogP contribution in [0.15, 0.2) is 48.5 Å². The predicted octanol–water partition coefficient (Wildman–Crippen LogP) is 5.71. The van der Waals surface area contributed by atoms with Crippen molar-refractivity contribution >= 4 is 38.3 Å². The third-order valence-corrected chi connectivity index (χ3v) is 6.02. The maximum absolute atomic E-state index is 13.3. The van der Waals surface area contributed by atoms with Gasteiger partial charge >= 0.3 is 0 Å². The molecule has 25 heavy (non-hydrogen) atoms. The van der Waals surface area contributed by atoms with Crippen LogP contribution in [0.25, 0.3) is 10.2 Å². The van der Waals surface area contributed by atoms with Gasteiger partial charge in [0.05, 0.1) is 15.9 Å². The van der Waals surface area contributed by atoms with E-state index in [0.29, 0.717) is 0 Å². The number of nitrogens with zero attached hydrogens (tertiary/aromatic N) is 2. The van der Waals surface area contributed by atoms with E-state index < -0.39 is 0 Å². The van der Waals surface area contributed by atoms with E-state index in [9.17, 15) is 4.79 Å². The van der Waals surface area contributed by atoms with Crippen LogP contribution in [0.5, 0.6) is 0 Å². The Labute approximate surface area is 152 Å². The molecule has 1 fully saturated rings. The largest absolute Gasteiger partial charge is 0.274 e. The van der Waals surface area contributed by atoms with Crippen molar-refractivity contribution < 1.29 is 4.79 Å². The van der Waals surface area contributed by atoms with E-state index in [-0.39, 0.29) is 11.8 Å². The molecule has 1 heterocycles. The number of rotatable bonds is 4. The lowest BCUT2D eigenvalue weighted by molar-refractivity contribution is -0.121. The lowest BCUT2D eigenvalue weighted by Crippen LogP contribution is -2.31. The molecule has 3 aromatic rings. The molecule has 1 aromatic heterocycles. The van der Waals surface area contributed by atoms with Gasteiger partial charge in [-0.2, -0.15) is 0 Å². The molecule has 2 aromatic carbocycles. The number of carbonyl (C=O) groups excluding carboxylic acids is 1. The average Bonchev–Trinajstić information content (AvgIpc) is 3.32. The van der Waals surface area contributed by atoms with Crippen LogP contribution in [-0.2, 0) is 11.2 Å². The minimum absolute atomic E-state index is 0.123. The molecule has 0 aliphatic heterocycles. The van der Waals surface area contributed by atoms with E-state index in [1.807, 2.05) is 23.1 Å². The first-order valence-electron chi connectivity index (χ1n) is 9.04. The lowest BCUT2D eigenvalue weighted by Gasteiger charge is -2.23. The molecule has 1 aliphatic carbocycles. The third-order valence-electron chi connectivity index (χ3n) is 5.00. The smallest absolute Gasteiger partial charge is 0.236 e. The summed E-state index contributed by atoms with van der Waals surface area (Å²) in [6.45, 7) is 2.14. The van der Waals surface area contributed by atoms with Crippen LogP contribution in [0, 0.1) is 5.92 Å². The van der Waals surface area contributed by atoms with Crippen LogP contribution >= 0.6 is 11.3 Å². The number of amides is 1. The standard InChI is InChI=1S/C21H22N2OS/c1-2-15-11-13-17(14-12-15)23(20(24)16-7-3-4-8-16)21-22-18-9-5-6-10-19(18)25-21/h5-6,9-14,16H,2-4,7-8H2,1H3. The Kier molecular flexibility index (Phi) is 4.53. The molecule has 0 saturated heterocycles. The number of hydrogen-bond donors (Lipinski definition) is 0. The van der Waals surface area contributed by atoms with E-state index in [2.05, 4.69) is 37.3 Å². The van der Waals surface area contributed by atoms with Crippen LogP contribution in [0.1, 0.15) is 38.2 Å². The van der Waals surface area contributed by atoms with Crippen molar-refractivity contribution in [1.29, 1.82) is 0 Å². The highest BCUT2D eigenvalue weighted by Gasteiger charge is 2.30. The minimum Gasteiger partial charge on any atom is -0.274 e. The zero-order valence-corrected chi connectivity index (χ0v) is 15.3. The van der Waals surface area contributed by atoms with Gasteiger partial charge < -0.3 is 0 Å². The number of para-hydroxylation sites is 1. The van der Waals surface area contributed by atoms with Gasteiger partial charge in [0, 0.05) is 5.92 Å². The van der Waals surface area contributed by atoms with Crippen LogP contribution < -0.4 is 4.90 Å². The Balaban J connectivity index is 1.77. The monoisotopic (exact) mass is 350 g/mol.